The maximum absolute atomic E-state index is 12.4. The van der Waals surface area contributed by atoms with Crippen molar-refractivity contribution < 1.29 is 17.9 Å². The molecule has 0 aliphatic rings. The van der Waals surface area contributed by atoms with Crippen LogP contribution in [0, 0.1) is 0 Å². The Hall–Kier alpha value is -2.65. The molecule has 2 amide bonds. The lowest BCUT2D eigenvalue weighted by atomic mass is 10.1. The summed E-state index contributed by atoms with van der Waals surface area (Å²) in [6, 6.07) is 9.01. The van der Waals surface area contributed by atoms with Crippen molar-refractivity contribution in [3.8, 4) is 5.75 Å². The molecule has 2 rings (SSSR count). The molecule has 140 valence electrons. The molecule has 26 heavy (non-hydrogen) atoms. The van der Waals surface area contributed by atoms with Gasteiger partial charge in [-0.25, -0.2) is 22.9 Å². The Balaban J connectivity index is 2.08. The van der Waals surface area contributed by atoms with E-state index in [-0.39, 0.29) is 17.0 Å². The van der Waals surface area contributed by atoms with E-state index in [0.717, 1.165) is 5.56 Å². The molecule has 0 bridgehead atoms. The van der Waals surface area contributed by atoms with Crippen LogP contribution >= 0.6 is 0 Å². The van der Waals surface area contributed by atoms with Gasteiger partial charge in [-0.2, -0.15) is 0 Å². The second-order valence-corrected chi connectivity index (χ2v) is 7.45. The van der Waals surface area contributed by atoms with Crippen molar-refractivity contribution in [1.82, 2.24) is 15.0 Å². The summed E-state index contributed by atoms with van der Waals surface area (Å²) in [5.74, 6) is 1.05. The molecule has 0 fully saturated rings. The van der Waals surface area contributed by atoms with Crippen LogP contribution in [-0.4, -0.2) is 40.6 Å². The van der Waals surface area contributed by atoms with Gasteiger partial charge >= 0.3 is 6.03 Å². The molecule has 0 aliphatic carbocycles. The Labute approximate surface area is 153 Å². The Kier molecular flexibility index (Phi) is 6.17. The quantitative estimate of drug-likeness (QED) is 0.800. The van der Waals surface area contributed by atoms with Crippen LogP contribution in [0.4, 0.5) is 10.6 Å². The van der Waals surface area contributed by atoms with Gasteiger partial charge in [-0.1, -0.05) is 12.1 Å². The summed E-state index contributed by atoms with van der Waals surface area (Å²) in [6.07, 6.45) is 1.56. The van der Waals surface area contributed by atoms with Crippen molar-refractivity contribution in [2.45, 2.75) is 17.9 Å². The minimum atomic E-state index is -3.49. The molecular formula is C17H22N4O4S. The van der Waals surface area contributed by atoms with Crippen molar-refractivity contribution in [3.63, 3.8) is 0 Å². The van der Waals surface area contributed by atoms with Gasteiger partial charge in [-0.05, 0) is 37.7 Å². The van der Waals surface area contributed by atoms with Gasteiger partial charge in [0, 0.05) is 19.3 Å². The third-order valence-corrected chi connectivity index (χ3v) is 5.33. The minimum Gasteiger partial charge on any atom is -0.497 e. The first-order chi connectivity index (χ1) is 12.3. The fraction of sp³-hybridized carbons (Fsp3) is 0.294. The van der Waals surface area contributed by atoms with Crippen LogP contribution in [0.1, 0.15) is 18.5 Å². The predicted octanol–water partition coefficient (Wildman–Crippen LogP) is 1.91. The zero-order valence-electron chi connectivity index (χ0n) is 15.1. The van der Waals surface area contributed by atoms with Gasteiger partial charge in [0.05, 0.1) is 18.0 Å². The minimum absolute atomic E-state index is 0.167. The fourth-order valence-electron chi connectivity index (χ4n) is 2.23. The first-order valence-corrected chi connectivity index (χ1v) is 9.34. The number of nitrogens with zero attached hydrogens (tertiary/aromatic N) is 2. The number of hydrogen-bond acceptors (Lipinski definition) is 5. The number of sulfonamides is 1. The number of rotatable bonds is 6. The zero-order valence-corrected chi connectivity index (χ0v) is 15.9. The molecule has 1 aromatic heterocycles. The van der Waals surface area contributed by atoms with Gasteiger partial charge in [0.25, 0.3) is 0 Å². The van der Waals surface area contributed by atoms with Crippen LogP contribution < -0.4 is 19.7 Å². The summed E-state index contributed by atoms with van der Waals surface area (Å²) in [5.41, 5.74) is 0.778. The number of aromatic nitrogens is 1. The Morgan fingerprint density at radius 3 is 2.46 bits per heavy atom. The van der Waals surface area contributed by atoms with Gasteiger partial charge in [0.1, 0.15) is 11.6 Å². The SMILES string of the molecule is CNS(=O)(=O)c1ccc(C(C)NC(=O)N(C)c2cc(OC)ccn2)cc1. The molecule has 0 saturated heterocycles. The third kappa shape index (κ3) is 4.50. The molecule has 1 atom stereocenters. The molecular weight excluding hydrogens is 356 g/mol. The van der Waals surface area contributed by atoms with Crippen LogP contribution in [0.3, 0.4) is 0 Å². The number of methoxy groups -OCH3 is 1. The van der Waals surface area contributed by atoms with E-state index in [1.807, 2.05) is 6.92 Å². The lowest BCUT2D eigenvalue weighted by Crippen LogP contribution is -2.39. The number of anilines is 1. The Morgan fingerprint density at radius 1 is 1.23 bits per heavy atom. The van der Waals surface area contributed by atoms with E-state index in [9.17, 15) is 13.2 Å². The number of amides is 2. The summed E-state index contributed by atoms with van der Waals surface area (Å²) >= 11 is 0. The van der Waals surface area contributed by atoms with E-state index in [0.29, 0.717) is 11.6 Å². The van der Waals surface area contributed by atoms with Gasteiger partial charge in [-0.15, -0.1) is 0 Å². The smallest absolute Gasteiger partial charge is 0.323 e. The van der Waals surface area contributed by atoms with Crippen LogP contribution in [0.5, 0.6) is 5.75 Å². The zero-order chi connectivity index (χ0) is 19.3. The number of urea groups is 1. The molecule has 0 aliphatic heterocycles. The van der Waals surface area contributed by atoms with Crippen LogP contribution in [0.2, 0.25) is 0 Å². The largest absolute Gasteiger partial charge is 0.497 e. The van der Waals surface area contributed by atoms with E-state index < -0.39 is 10.0 Å². The summed E-state index contributed by atoms with van der Waals surface area (Å²) in [7, 11) is 1.01. The lowest BCUT2D eigenvalue weighted by Gasteiger charge is -2.21. The summed E-state index contributed by atoms with van der Waals surface area (Å²) in [5, 5.41) is 2.85. The average Bonchev–Trinajstić information content (AvgIpc) is 2.67. The van der Waals surface area contributed by atoms with E-state index in [1.165, 1.54) is 24.1 Å². The molecule has 8 nitrogen and oxygen atoms in total. The van der Waals surface area contributed by atoms with Gasteiger partial charge < -0.3 is 10.1 Å². The van der Waals surface area contributed by atoms with E-state index in [1.54, 1.807) is 44.6 Å². The summed E-state index contributed by atoms with van der Waals surface area (Å²) < 4.78 is 30.9. The van der Waals surface area contributed by atoms with E-state index in [2.05, 4.69) is 15.0 Å². The monoisotopic (exact) mass is 378 g/mol. The normalized spacial score (nSPS) is 12.3. The highest BCUT2D eigenvalue weighted by Gasteiger charge is 2.17. The van der Waals surface area contributed by atoms with Crippen LogP contribution in [-0.2, 0) is 10.0 Å². The van der Waals surface area contributed by atoms with Crippen molar-refractivity contribution in [3.05, 3.63) is 48.2 Å². The number of hydrogen-bond donors (Lipinski definition) is 2. The number of ether oxygens (including phenoxy) is 1. The molecule has 0 radical (unpaired) electrons. The van der Waals surface area contributed by atoms with Gasteiger partial charge in [0.15, 0.2) is 0 Å². The van der Waals surface area contributed by atoms with Gasteiger partial charge in [-0.3, -0.25) is 4.90 Å². The molecule has 2 N–H and O–H groups in total. The number of carbonyl (C=O) groups excluding carboxylic acids is 1. The van der Waals surface area contributed by atoms with E-state index in [4.69, 9.17) is 4.74 Å². The highest BCUT2D eigenvalue weighted by atomic mass is 32.2. The van der Waals surface area contributed by atoms with Crippen molar-refractivity contribution >= 4 is 21.9 Å². The van der Waals surface area contributed by atoms with Crippen LogP contribution in [0.15, 0.2) is 47.5 Å². The molecule has 0 spiro atoms. The Bertz CT molecular complexity index is 869. The highest BCUT2D eigenvalue weighted by molar-refractivity contribution is 7.89. The standard InChI is InChI=1S/C17H22N4O4S/c1-12(13-5-7-15(8-6-13)26(23,24)18-2)20-17(22)21(3)16-11-14(25-4)9-10-19-16/h5-12,18H,1-4H3,(H,20,22). The Morgan fingerprint density at radius 2 is 1.88 bits per heavy atom. The number of benzene rings is 1. The number of nitrogens with one attached hydrogen (secondary N) is 2. The third-order valence-electron chi connectivity index (χ3n) is 3.90. The fourth-order valence-corrected chi connectivity index (χ4v) is 2.96. The molecule has 1 aromatic carbocycles. The molecule has 2 aromatic rings. The first-order valence-electron chi connectivity index (χ1n) is 7.86. The number of pyridine rings is 1. The van der Waals surface area contributed by atoms with Crippen molar-refractivity contribution in [2.24, 2.45) is 0 Å². The highest BCUT2D eigenvalue weighted by Crippen LogP contribution is 2.19. The first kappa shape index (κ1) is 19.7. The van der Waals surface area contributed by atoms with E-state index >= 15 is 0 Å². The number of carbonyl (C=O) groups is 1. The second-order valence-electron chi connectivity index (χ2n) is 5.56. The second kappa shape index (κ2) is 8.15. The molecule has 9 heteroatoms. The van der Waals surface area contributed by atoms with Crippen LogP contribution in [0.25, 0.3) is 0 Å². The summed E-state index contributed by atoms with van der Waals surface area (Å²) in [6.45, 7) is 1.81. The topological polar surface area (TPSA) is 101 Å². The maximum Gasteiger partial charge on any atom is 0.323 e. The predicted molar refractivity (Wildman–Crippen MR) is 98.8 cm³/mol. The average molecular weight is 378 g/mol. The lowest BCUT2D eigenvalue weighted by molar-refractivity contribution is 0.244. The summed E-state index contributed by atoms with van der Waals surface area (Å²) in [4.78, 5) is 18.1. The van der Waals surface area contributed by atoms with Crippen molar-refractivity contribution in [2.75, 3.05) is 26.1 Å². The maximum atomic E-state index is 12.4. The molecule has 1 heterocycles. The van der Waals surface area contributed by atoms with Gasteiger partial charge in [0.2, 0.25) is 10.0 Å². The van der Waals surface area contributed by atoms with Crippen molar-refractivity contribution in [1.29, 1.82) is 0 Å². The molecule has 1 unspecified atom stereocenters. The molecule has 0 saturated carbocycles.